The highest BCUT2D eigenvalue weighted by Crippen LogP contribution is 2.24. The summed E-state index contributed by atoms with van der Waals surface area (Å²) in [6.07, 6.45) is 1.21. The van der Waals surface area contributed by atoms with Gasteiger partial charge in [-0.15, -0.1) is 0 Å². The van der Waals surface area contributed by atoms with Crippen molar-refractivity contribution in [2.24, 2.45) is 17.6 Å². The van der Waals surface area contributed by atoms with Crippen LogP contribution in [0.5, 0.6) is 0 Å². The van der Waals surface area contributed by atoms with E-state index in [0.717, 1.165) is 49.1 Å². The summed E-state index contributed by atoms with van der Waals surface area (Å²) < 4.78 is 5.78. The van der Waals surface area contributed by atoms with Gasteiger partial charge in [-0.25, -0.2) is 4.98 Å². The number of likely N-dealkylation sites (tertiary alicyclic amines) is 1. The number of para-hydroxylation sites is 2. The first-order valence-electron chi connectivity index (χ1n) is 7.03. The highest BCUT2D eigenvalue weighted by Gasteiger charge is 2.25. The van der Waals surface area contributed by atoms with Gasteiger partial charge in [0.15, 0.2) is 5.58 Å². The molecule has 0 aliphatic carbocycles. The SMILES string of the molecule is CC1CCN(Cc2nc3ccccc3o2)CC1CN. The molecule has 2 aromatic rings. The molecule has 1 saturated heterocycles. The maximum Gasteiger partial charge on any atom is 0.209 e. The second-order valence-corrected chi connectivity index (χ2v) is 5.57. The van der Waals surface area contributed by atoms with E-state index in [1.165, 1.54) is 6.42 Å². The molecule has 4 heteroatoms. The Balaban J connectivity index is 1.71. The minimum atomic E-state index is 0.595. The fourth-order valence-electron chi connectivity index (χ4n) is 2.85. The monoisotopic (exact) mass is 259 g/mol. The molecule has 2 heterocycles. The maximum atomic E-state index is 5.84. The number of hydrogen-bond donors (Lipinski definition) is 1. The molecule has 102 valence electrons. The Labute approximate surface area is 113 Å². The van der Waals surface area contributed by atoms with Gasteiger partial charge in [0, 0.05) is 6.54 Å². The van der Waals surface area contributed by atoms with Gasteiger partial charge in [0.25, 0.3) is 0 Å². The predicted octanol–water partition coefficient (Wildman–Crippen LogP) is 2.24. The van der Waals surface area contributed by atoms with Crippen LogP contribution < -0.4 is 5.73 Å². The zero-order chi connectivity index (χ0) is 13.2. The van der Waals surface area contributed by atoms with E-state index in [2.05, 4.69) is 16.8 Å². The molecular weight excluding hydrogens is 238 g/mol. The highest BCUT2D eigenvalue weighted by atomic mass is 16.3. The van der Waals surface area contributed by atoms with Crippen LogP contribution in [0.15, 0.2) is 28.7 Å². The average Bonchev–Trinajstić information content (AvgIpc) is 2.83. The van der Waals surface area contributed by atoms with E-state index < -0.39 is 0 Å². The summed E-state index contributed by atoms with van der Waals surface area (Å²) in [6, 6.07) is 7.92. The third-order valence-electron chi connectivity index (χ3n) is 4.20. The van der Waals surface area contributed by atoms with Crippen LogP contribution >= 0.6 is 0 Å². The summed E-state index contributed by atoms with van der Waals surface area (Å²) in [6.45, 7) is 6.02. The molecular formula is C15H21N3O. The molecule has 0 bridgehead atoms. The molecule has 0 amide bonds. The molecule has 0 radical (unpaired) electrons. The van der Waals surface area contributed by atoms with Gasteiger partial charge >= 0.3 is 0 Å². The first-order valence-corrected chi connectivity index (χ1v) is 7.03. The van der Waals surface area contributed by atoms with Crippen molar-refractivity contribution < 1.29 is 4.42 Å². The van der Waals surface area contributed by atoms with E-state index in [9.17, 15) is 0 Å². The Kier molecular flexibility index (Phi) is 3.53. The van der Waals surface area contributed by atoms with Crippen molar-refractivity contribution >= 4 is 11.1 Å². The van der Waals surface area contributed by atoms with Crippen molar-refractivity contribution in [3.8, 4) is 0 Å². The molecule has 1 aromatic heterocycles. The van der Waals surface area contributed by atoms with Gasteiger partial charge in [-0.3, -0.25) is 4.90 Å². The summed E-state index contributed by atoms with van der Waals surface area (Å²) in [7, 11) is 0. The second kappa shape index (κ2) is 5.31. The molecule has 0 saturated carbocycles. The lowest BCUT2D eigenvalue weighted by Gasteiger charge is -2.35. The van der Waals surface area contributed by atoms with Crippen molar-refractivity contribution in [3.63, 3.8) is 0 Å². The topological polar surface area (TPSA) is 55.3 Å². The smallest absolute Gasteiger partial charge is 0.209 e. The second-order valence-electron chi connectivity index (χ2n) is 5.57. The molecule has 3 rings (SSSR count). The lowest BCUT2D eigenvalue weighted by molar-refractivity contribution is 0.118. The normalized spacial score (nSPS) is 24.9. The third-order valence-corrected chi connectivity index (χ3v) is 4.20. The van der Waals surface area contributed by atoms with Crippen LogP contribution in [0.4, 0.5) is 0 Å². The summed E-state index contributed by atoms with van der Waals surface area (Å²) in [4.78, 5) is 6.94. The van der Waals surface area contributed by atoms with Gasteiger partial charge in [0.05, 0.1) is 6.54 Å². The van der Waals surface area contributed by atoms with E-state index in [1.54, 1.807) is 0 Å². The average molecular weight is 259 g/mol. The van der Waals surface area contributed by atoms with Crippen molar-refractivity contribution in [1.82, 2.24) is 9.88 Å². The van der Waals surface area contributed by atoms with Gasteiger partial charge in [-0.2, -0.15) is 0 Å². The number of benzene rings is 1. The van der Waals surface area contributed by atoms with Gasteiger partial charge in [0.1, 0.15) is 5.52 Å². The Morgan fingerprint density at radius 1 is 1.42 bits per heavy atom. The Morgan fingerprint density at radius 2 is 2.26 bits per heavy atom. The number of rotatable bonds is 3. The number of piperidine rings is 1. The Morgan fingerprint density at radius 3 is 3.05 bits per heavy atom. The van der Waals surface area contributed by atoms with Crippen LogP contribution in [0.1, 0.15) is 19.2 Å². The van der Waals surface area contributed by atoms with Gasteiger partial charge in [-0.1, -0.05) is 19.1 Å². The first-order chi connectivity index (χ1) is 9.26. The van der Waals surface area contributed by atoms with E-state index in [-0.39, 0.29) is 0 Å². The summed E-state index contributed by atoms with van der Waals surface area (Å²) >= 11 is 0. The number of hydrogen-bond acceptors (Lipinski definition) is 4. The summed E-state index contributed by atoms with van der Waals surface area (Å²) in [5, 5.41) is 0. The van der Waals surface area contributed by atoms with Gasteiger partial charge < -0.3 is 10.2 Å². The van der Waals surface area contributed by atoms with Crippen LogP contribution in [0, 0.1) is 11.8 Å². The lowest BCUT2D eigenvalue weighted by atomic mass is 9.87. The van der Waals surface area contributed by atoms with Crippen molar-refractivity contribution in [2.45, 2.75) is 19.9 Å². The first kappa shape index (κ1) is 12.6. The van der Waals surface area contributed by atoms with Crippen molar-refractivity contribution in [2.75, 3.05) is 19.6 Å². The van der Waals surface area contributed by atoms with E-state index in [1.807, 2.05) is 24.3 Å². The molecule has 1 aliphatic heterocycles. The summed E-state index contributed by atoms with van der Waals surface area (Å²) in [5.74, 6) is 2.13. The quantitative estimate of drug-likeness (QED) is 0.918. The van der Waals surface area contributed by atoms with E-state index in [0.29, 0.717) is 5.92 Å². The molecule has 19 heavy (non-hydrogen) atoms. The predicted molar refractivity (Wildman–Crippen MR) is 75.6 cm³/mol. The van der Waals surface area contributed by atoms with Crippen LogP contribution in [-0.2, 0) is 6.54 Å². The summed E-state index contributed by atoms with van der Waals surface area (Å²) in [5.41, 5.74) is 7.66. The fraction of sp³-hybridized carbons (Fsp3) is 0.533. The van der Waals surface area contributed by atoms with Crippen molar-refractivity contribution in [1.29, 1.82) is 0 Å². The van der Waals surface area contributed by atoms with E-state index >= 15 is 0 Å². The molecule has 1 aliphatic rings. The molecule has 2 N–H and O–H groups in total. The number of nitrogens with two attached hydrogens (primary N) is 1. The van der Waals surface area contributed by atoms with Crippen molar-refractivity contribution in [3.05, 3.63) is 30.2 Å². The molecule has 1 fully saturated rings. The van der Waals surface area contributed by atoms with Crippen LogP contribution in [0.3, 0.4) is 0 Å². The molecule has 4 nitrogen and oxygen atoms in total. The zero-order valence-corrected chi connectivity index (χ0v) is 11.4. The number of nitrogens with zero attached hydrogens (tertiary/aromatic N) is 2. The fourth-order valence-corrected chi connectivity index (χ4v) is 2.85. The van der Waals surface area contributed by atoms with Crippen LogP contribution in [0.2, 0.25) is 0 Å². The van der Waals surface area contributed by atoms with Crippen LogP contribution in [-0.4, -0.2) is 29.5 Å². The molecule has 1 aromatic carbocycles. The highest BCUT2D eigenvalue weighted by molar-refractivity contribution is 5.72. The molecule has 0 spiro atoms. The number of aromatic nitrogens is 1. The maximum absolute atomic E-state index is 5.84. The zero-order valence-electron chi connectivity index (χ0n) is 11.4. The third kappa shape index (κ3) is 2.65. The van der Waals surface area contributed by atoms with Gasteiger partial charge in [0.2, 0.25) is 5.89 Å². The minimum absolute atomic E-state index is 0.595. The van der Waals surface area contributed by atoms with Crippen LogP contribution in [0.25, 0.3) is 11.1 Å². The number of oxazole rings is 1. The minimum Gasteiger partial charge on any atom is -0.439 e. The molecule has 2 atom stereocenters. The Hall–Kier alpha value is -1.39. The van der Waals surface area contributed by atoms with E-state index in [4.69, 9.17) is 10.2 Å². The largest absolute Gasteiger partial charge is 0.439 e. The number of fused-ring (bicyclic) bond motifs is 1. The molecule has 2 unspecified atom stereocenters. The lowest BCUT2D eigenvalue weighted by Crippen LogP contribution is -2.42. The standard InChI is InChI=1S/C15H21N3O/c1-11-6-7-18(9-12(11)8-16)10-15-17-13-4-2-3-5-14(13)19-15/h2-5,11-12H,6-10,16H2,1H3. The Bertz CT molecular complexity index is 518. The van der Waals surface area contributed by atoms with Gasteiger partial charge in [-0.05, 0) is 43.5 Å².